The minimum atomic E-state index is 0.0621. The van der Waals surface area contributed by atoms with Gasteiger partial charge in [-0.1, -0.05) is 61.5 Å². The summed E-state index contributed by atoms with van der Waals surface area (Å²) in [6.07, 6.45) is 2.57. The average Bonchev–Trinajstić information content (AvgIpc) is 2.83. The molecule has 5 heteroatoms. The molecule has 5 nitrogen and oxygen atoms in total. The molecule has 1 atom stereocenters. The van der Waals surface area contributed by atoms with Crippen molar-refractivity contribution >= 4 is 5.82 Å². The Kier molecular flexibility index (Phi) is 6.24. The van der Waals surface area contributed by atoms with Crippen LogP contribution in [0.15, 0.2) is 85.1 Å². The van der Waals surface area contributed by atoms with Gasteiger partial charge in [-0.25, -0.2) is 9.97 Å². The van der Waals surface area contributed by atoms with Crippen molar-refractivity contribution in [2.24, 2.45) is 5.73 Å². The van der Waals surface area contributed by atoms with Gasteiger partial charge in [0.25, 0.3) is 0 Å². The van der Waals surface area contributed by atoms with E-state index in [1.165, 1.54) is 0 Å². The van der Waals surface area contributed by atoms with E-state index in [0.29, 0.717) is 23.8 Å². The van der Waals surface area contributed by atoms with Crippen LogP contribution >= 0.6 is 0 Å². The van der Waals surface area contributed by atoms with Gasteiger partial charge in [0.05, 0.1) is 5.56 Å². The largest absolute Gasteiger partial charge is 0.507 e. The lowest BCUT2D eigenvalue weighted by molar-refractivity contribution is 0.477. The molecule has 0 spiro atoms. The van der Waals surface area contributed by atoms with E-state index in [-0.39, 0.29) is 11.8 Å². The van der Waals surface area contributed by atoms with Crippen LogP contribution < -0.4 is 11.1 Å². The standard InChI is InChI=1S/C26H26N4O/c1-2-22(27)17-29-25-13-14-28-26(30-25)23-16-21(11-12-24(23)31)20-10-6-9-19(15-20)18-7-4-3-5-8-18/h3-16,22,31H,2,17,27H2,1H3,(H,28,29,30)/t22-/m1/s1. The number of benzene rings is 3. The monoisotopic (exact) mass is 410 g/mol. The van der Waals surface area contributed by atoms with E-state index in [1.807, 2.05) is 43.3 Å². The van der Waals surface area contributed by atoms with Crippen LogP contribution in [0.1, 0.15) is 13.3 Å². The molecule has 0 aliphatic rings. The predicted octanol–water partition coefficient (Wildman–Crippen LogP) is 5.33. The normalized spacial score (nSPS) is 11.8. The Balaban J connectivity index is 1.66. The van der Waals surface area contributed by atoms with Gasteiger partial charge < -0.3 is 16.2 Å². The van der Waals surface area contributed by atoms with Gasteiger partial charge in [0.1, 0.15) is 11.6 Å². The number of hydrogen-bond acceptors (Lipinski definition) is 5. The van der Waals surface area contributed by atoms with Crippen LogP contribution in [-0.2, 0) is 0 Å². The van der Waals surface area contributed by atoms with Crippen LogP contribution in [0.25, 0.3) is 33.6 Å². The van der Waals surface area contributed by atoms with E-state index in [0.717, 1.165) is 28.7 Å². The first-order valence-electron chi connectivity index (χ1n) is 10.5. The smallest absolute Gasteiger partial charge is 0.165 e. The molecule has 4 rings (SSSR count). The molecule has 4 N–H and O–H groups in total. The molecule has 0 aliphatic carbocycles. The van der Waals surface area contributed by atoms with Crippen molar-refractivity contribution < 1.29 is 5.11 Å². The summed E-state index contributed by atoms with van der Waals surface area (Å²) < 4.78 is 0. The maximum atomic E-state index is 10.5. The maximum absolute atomic E-state index is 10.5. The number of aromatic hydroxyl groups is 1. The lowest BCUT2D eigenvalue weighted by atomic mass is 9.97. The molecule has 0 radical (unpaired) electrons. The summed E-state index contributed by atoms with van der Waals surface area (Å²) in [5, 5.41) is 13.7. The number of phenolic OH excluding ortho intramolecular Hbond substituents is 1. The summed E-state index contributed by atoms with van der Waals surface area (Å²) in [6.45, 7) is 2.68. The van der Waals surface area contributed by atoms with Crippen molar-refractivity contribution in [3.63, 3.8) is 0 Å². The summed E-state index contributed by atoms with van der Waals surface area (Å²) in [6, 6.07) is 26.0. The zero-order valence-corrected chi connectivity index (χ0v) is 17.5. The van der Waals surface area contributed by atoms with Crippen molar-refractivity contribution in [3.05, 3.63) is 85.1 Å². The van der Waals surface area contributed by atoms with E-state index in [4.69, 9.17) is 5.73 Å². The molecule has 156 valence electrons. The minimum Gasteiger partial charge on any atom is -0.507 e. The van der Waals surface area contributed by atoms with Crippen molar-refractivity contribution in [2.75, 3.05) is 11.9 Å². The van der Waals surface area contributed by atoms with Crippen LogP contribution in [0.5, 0.6) is 5.75 Å². The number of nitrogens with zero attached hydrogens (tertiary/aromatic N) is 2. The highest BCUT2D eigenvalue weighted by Crippen LogP contribution is 2.33. The highest BCUT2D eigenvalue weighted by molar-refractivity contribution is 5.78. The van der Waals surface area contributed by atoms with Crippen molar-refractivity contribution in [2.45, 2.75) is 19.4 Å². The summed E-state index contributed by atoms with van der Waals surface area (Å²) in [7, 11) is 0. The Morgan fingerprint density at radius 1 is 0.871 bits per heavy atom. The number of hydrogen-bond donors (Lipinski definition) is 3. The number of nitrogens with one attached hydrogen (secondary N) is 1. The van der Waals surface area contributed by atoms with Crippen molar-refractivity contribution in [3.8, 4) is 39.4 Å². The lowest BCUT2D eigenvalue weighted by Crippen LogP contribution is -2.28. The third-order valence-corrected chi connectivity index (χ3v) is 5.27. The second kappa shape index (κ2) is 9.41. The topological polar surface area (TPSA) is 84.1 Å². The zero-order chi connectivity index (χ0) is 21.6. The van der Waals surface area contributed by atoms with E-state index < -0.39 is 0 Å². The van der Waals surface area contributed by atoms with Gasteiger partial charge in [0, 0.05) is 18.8 Å². The third-order valence-electron chi connectivity index (χ3n) is 5.27. The quantitative estimate of drug-likeness (QED) is 0.383. The molecular formula is C26H26N4O. The van der Waals surface area contributed by atoms with Crippen molar-refractivity contribution in [1.29, 1.82) is 0 Å². The number of nitrogens with two attached hydrogens (primary N) is 1. The fourth-order valence-corrected chi connectivity index (χ4v) is 3.37. The molecular weight excluding hydrogens is 384 g/mol. The Morgan fingerprint density at radius 3 is 2.35 bits per heavy atom. The molecule has 0 saturated heterocycles. The van der Waals surface area contributed by atoms with Crippen LogP contribution in [0, 0.1) is 0 Å². The van der Waals surface area contributed by atoms with Gasteiger partial charge in [-0.15, -0.1) is 0 Å². The van der Waals surface area contributed by atoms with Crippen molar-refractivity contribution in [1.82, 2.24) is 9.97 Å². The predicted molar refractivity (Wildman–Crippen MR) is 127 cm³/mol. The van der Waals surface area contributed by atoms with E-state index >= 15 is 0 Å². The molecule has 0 bridgehead atoms. The highest BCUT2D eigenvalue weighted by atomic mass is 16.3. The number of aromatic nitrogens is 2. The Bertz CT molecular complexity index is 1160. The highest BCUT2D eigenvalue weighted by Gasteiger charge is 2.11. The minimum absolute atomic E-state index is 0.0621. The molecule has 4 aromatic rings. The third kappa shape index (κ3) is 4.90. The molecule has 1 aromatic heterocycles. The second-order valence-electron chi connectivity index (χ2n) is 7.49. The van der Waals surface area contributed by atoms with E-state index in [9.17, 15) is 5.11 Å². The Hall–Kier alpha value is -3.70. The second-order valence-corrected chi connectivity index (χ2v) is 7.49. The first-order chi connectivity index (χ1) is 15.1. The fourth-order valence-electron chi connectivity index (χ4n) is 3.37. The molecule has 31 heavy (non-hydrogen) atoms. The van der Waals surface area contributed by atoms with Gasteiger partial charge in [-0.2, -0.15) is 0 Å². The zero-order valence-electron chi connectivity index (χ0n) is 17.5. The van der Waals surface area contributed by atoms with Gasteiger partial charge in [-0.05, 0) is 52.9 Å². The fraction of sp³-hybridized carbons (Fsp3) is 0.154. The number of rotatable bonds is 7. The number of anilines is 1. The lowest BCUT2D eigenvalue weighted by Gasteiger charge is -2.12. The average molecular weight is 411 g/mol. The van der Waals surface area contributed by atoms with Gasteiger partial charge in [-0.3, -0.25) is 0 Å². The van der Waals surface area contributed by atoms with Crippen LogP contribution in [0.4, 0.5) is 5.82 Å². The molecule has 1 heterocycles. The summed E-state index contributed by atoms with van der Waals surface area (Å²) >= 11 is 0. The van der Waals surface area contributed by atoms with E-state index in [1.54, 1.807) is 18.3 Å². The molecule has 0 amide bonds. The van der Waals surface area contributed by atoms with Crippen LogP contribution in [-0.4, -0.2) is 27.7 Å². The van der Waals surface area contributed by atoms with Gasteiger partial charge >= 0.3 is 0 Å². The summed E-state index contributed by atoms with van der Waals surface area (Å²) in [4.78, 5) is 8.95. The first-order valence-corrected chi connectivity index (χ1v) is 10.5. The van der Waals surface area contributed by atoms with Crippen LogP contribution in [0.2, 0.25) is 0 Å². The summed E-state index contributed by atoms with van der Waals surface area (Å²) in [5.41, 5.74) is 10.9. The van der Waals surface area contributed by atoms with Gasteiger partial charge in [0.2, 0.25) is 0 Å². The molecule has 0 unspecified atom stereocenters. The first kappa shape index (κ1) is 20.6. The van der Waals surface area contributed by atoms with E-state index in [2.05, 4.69) is 45.6 Å². The molecule has 0 aliphatic heterocycles. The molecule has 3 aromatic carbocycles. The van der Waals surface area contributed by atoms with Crippen LogP contribution in [0.3, 0.4) is 0 Å². The Labute approximate surface area is 182 Å². The SMILES string of the molecule is CC[C@@H](N)CNc1ccnc(-c2cc(-c3cccc(-c4ccccc4)c3)ccc2O)n1. The molecule has 0 fully saturated rings. The van der Waals surface area contributed by atoms with Gasteiger partial charge in [0.15, 0.2) is 5.82 Å². The Morgan fingerprint density at radius 2 is 1.58 bits per heavy atom. The maximum Gasteiger partial charge on any atom is 0.165 e. The number of phenols is 1. The summed E-state index contributed by atoms with van der Waals surface area (Å²) in [5.74, 6) is 1.30. The molecule has 0 saturated carbocycles.